The normalized spacial score (nSPS) is 9.35. The first kappa shape index (κ1) is 67.3. The standard InChI is InChI=1S/C5H12N2O.3C5H12N2.C4H9NO2.2C4H9NO.C3H6O3/c1-6(2)5(8)7(3)4;3*1-5(6-2)7(3)4;1-5(2)4(6)7-3;2*1-4(6)5(2)3;1-5-3(4)6-2/h1-4H3;3*1-4H3;1-3H3;2*1-3H3;1-2H3. The Bertz CT molecular complexity index is 953. The molecule has 0 bridgehead atoms. The van der Waals surface area contributed by atoms with Crippen molar-refractivity contribution in [1.29, 1.82) is 0 Å². The number of methoxy groups -OCH3 is 3. The summed E-state index contributed by atoms with van der Waals surface area (Å²) in [6.45, 7) is 8.97. The molecule has 0 aliphatic carbocycles. The van der Waals surface area contributed by atoms with Crippen LogP contribution in [0.4, 0.5) is 14.4 Å². The summed E-state index contributed by atoms with van der Waals surface area (Å²) in [6.07, 6.45) is -0.977. The van der Waals surface area contributed by atoms with Gasteiger partial charge in [0.2, 0.25) is 11.8 Å². The number of rotatable bonds is 0. The first-order chi connectivity index (χ1) is 24.4. The molecule has 5 amide bonds. The highest BCUT2D eigenvalue weighted by Gasteiger charge is 2.02. The minimum absolute atomic E-state index is 0.0185. The third kappa shape index (κ3) is 65.5. The molecule has 0 aromatic carbocycles. The van der Waals surface area contributed by atoms with Crippen molar-refractivity contribution >= 4 is 47.6 Å². The van der Waals surface area contributed by atoms with Crippen LogP contribution in [0, 0.1) is 0 Å². The molecule has 0 N–H and O–H groups in total. The van der Waals surface area contributed by atoms with Crippen LogP contribution in [0.1, 0.15) is 34.6 Å². The predicted molar refractivity (Wildman–Crippen MR) is 225 cm³/mol. The van der Waals surface area contributed by atoms with Crippen molar-refractivity contribution in [3.8, 4) is 0 Å². The van der Waals surface area contributed by atoms with E-state index < -0.39 is 6.16 Å². The molecule has 19 heteroatoms. The molecule has 0 rings (SSSR count). The highest BCUT2D eigenvalue weighted by Crippen LogP contribution is 1.83. The van der Waals surface area contributed by atoms with Crippen molar-refractivity contribution in [3.05, 3.63) is 0 Å². The topological polar surface area (TPSA) is 176 Å². The highest BCUT2D eigenvalue weighted by atomic mass is 16.7. The molecular formula is C35H81N11O8. The number of carbonyl (C=O) groups is 5. The molecule has 0 aliphatic rings. The summed E-state index contributed by atoms with van der Waals surface area (Å²) in [5.41, 5.74) is 0. The van der Waals surface area contributed by atoms with Crippen LogP contribution in [-0.2, 0) is 23.8 Å². The van der Waals surface area contributed by atoms with Gasteiger partial charge in [0, 0.05) is 148 Å². The summed E-state index contributed by atoms with van der Waals surface area (Å²) >= 11 is 0. The molecule has 0 saturated heterocycles. The van der Waals surface area contributed by atoms with E-state index in [-0.39, 0.29) is 23.9 Å². The predicted octanol–water partition coefficient (Wildman–Crippen LogP) is 2.92. The SMILES string of the molecule is CC(=O)N(C)C.CC(=O)N(C)C.CN(C)C(=O)N(C)C.CN=C(C)N(C)C.CN=C(C)N(C)C.CN=C(C)N(C)C.COC(=O)N(C)C.COC(=O)OC. The van der Waals surface area contributed by atoms with E-state index in [0.29, 0.717) is 0 Å². The van der Waals surface area contributed by atoms with Crippen LogP contribution in [0.15, 0.2) is 15.0 Å². The number of aliphatic imine (C=N–C) groups is 3. The minimum Gasteiger partial charge on any atom is -0.453 e. The van der Waals surface area contributed by atoms with E-state index in [0.717, 1.165) is 17.5 Å². The fraction of sp³-hybridized carbons (Fsp3) is 0.771. The molecule has 0 fully saturated rings. The van der Waals surface area contributed by atoms with Crippen LogP contribution in [0.2, 0.25) is 0 Å². The van der Waals surface area contributed by atoms with Gasteiger partial charge in [-0.25, -0.2) is 14.4 Å². The van der Waals surface area contributed by atoms with Gasteiger partial charge in [0.1, 0.15) is 0 Å². The van der Waals surface area contributed by atoms with Gasteiger partial charge in [0.25, 0.3) is 0 Å². The molecule has 0 saturated carbocycles. The average Bonchev–Trinajstić information content (AvgIpc) is 3.10. The Labute approximate surface area is 329 Å². The van der Waals surface area contributed by atoms with E-state index in [1.807, 2.05) is 77.8 Å². The lowest BCUT2D eigenvalue weighted by Crippen LogP contribution is -2.33. The molecule has 0 unspecified atom stereocenters. The summed E-state index contributed by atoms with van der Waals surface area (Å²) in [5, 5.41) is 0. The highest BCUT2D eigenvalue weighted by molar-refractivity contribution is 5.79. The first-order valence-corrected chi connectivity index (χ1v) is 16.3. The summed E-state index contributed by atoms with van der Waals surface area (Å²) in [6, 6.07) is 0.0185. The van der Waals surface area contributed by atoms with Crippen molar-refractivity contribution in [1.82, 2.24) is 39.2 Å². The van der Waals surface area contributed by atoms with Gasteiger partial charge in [-0.15, -0.1) is 0 Å². The zero-order chi connectivity index (χ0) is 45.5. The van der Waals surface area contributed by atoms with E-state index in [2.05, 4.69) is 29.2 Å². The molecule has 0 spiro atoms. The molecule has 54 heavy (non-hydrogen) atoms. The number of amidine groups is 3. The summed E-state index contributed by atoms with van der Waals surface area (Å²) < 4.78 is 12.4. The zero-order valence-corrected chi connectivity index (χ0v) is 39.2. The quantitative estimate of drug-likeness (QED) is 0.201. The largest absolute Gasteiger partial charge is 0.507 e. The fourth-order valence-corrected chi connectivity index (χ4v) is 1.27. The molecule has 0 heterocycles. The lowest BCUT2D eigenvalue weighted by Gasteiger charge is -2.16. The van der Waals surface area contributed by atoms with E-state index in [1.165, 1.54) is 59.7 Å². The maximum absolute atomic E-state index is 10.7. The minimum atomic E-state index is -0.657. The fourth-order valence-electron chi connectivity index (χ4n) is 1.27. The average molecular weight is 784 g/mol. The van der Waals surface area contributed by atoms with Crippen LogP contribution in [0.3, 0.4) is 0 Å². The molecule has 0 aromatic heterocycles. The Morgan fingerprint density at radius 1 is 0.352 bits per heavy atom. The number of hydrogen-bond donors (Lipinski definition) is 0. The molecule has 0 aliphatic heterocycles. The van der Waals surface area contributed by atoms with Crippen molar-refractivity contribution < 1.29 is 38.2 Å². The smallest absolute Gasteiger partial charge is 0.453 e. The first-order valence-electron chi connectivity index (χ1n) is 16.3. The number of nitrogens with zero attached hydrogens (tertiary/aromatic N) is 11. The van der Waals surface area contributed by atoms with Crippen molar-refractivity contribution in [2.45, 2.75) is 34.6 Å². The Morgan fingerprint density at radius 2 is 0.556 bits per heavy atom. The number of amides is 5. The number of urea groups is 1. The van der Waals surface area contributed by atoms with Crippen LogP contribution in [0.5, 0.6) is 0 Å². The second-order valence-corrected chi connectivity index (χ2v) is 11.9. The third-order valence-corrected chi connectivity index (χ3v) is 5.81. The van der Waals surface area contributed by atoms with Crippen molar-refractivity contribution in [2.24, 2.45) is 15.0 Å². The van der Waals surface area contributed by atoms with Crippen LogP contribution >= 0.6 is 0 Å². The van der Waals surface area contributed by atoms with Gasteiger partial charge >= 0.3 is 18.3 Å². The molecule has 0 radical (unpaired) electrons. The maximum Gasteiger partial charge on any atom is 0.507 e. The lowest BCUT2D eigenvalue weighted by atomic mass is 10.6. The second kappa shape index (κ2) is 44.3. The van der Waals surface area contributed by atoms with Gasteiger partial charge < -0.3 is 53.4 Å². The zero-order valence-electron chi connectivity index (χ0n) is 39.2. The second-order valence-electron chi connectivity index (χ2n) is 11.9. The van der Waals surface area contributed by atoms with Gasteiger partial charge in [-0.2, -0.15) is 0 Å². The van der Waals surface area contributed by atoms with Gasteiger partial charge in [0.05, 0.1) is 38.8 Å². The maximum atomic E-state index is 10.7. The van der Waals surface area contributed by atoms with E-state index in [9.17, 15) is 24.0 Å². The monoisotopic (exact) mass is 784 g/mol. The van der Waals surface area contributed by atoms with Gasteiger partial charge in [0.15, 0.2) is 0 Å². The summed E-state index contributed by atoms with van der Waals surface area (Å²) in [4.78, 5) is 76.0. The van der Waals surface area contributed by atoms with E-state index >= 15 is 0 Å². The van der Waals surface area contributed by atoms with E-state index in [1.54, 1.807) is 91.6 Å². The lowest BCUT2D eigenvalue weighted by molar-refractivity contribution is -0.127. The van der Waals surface area contributed by atoms with Crippen LogP contribution in [0.25, 0.3) is 0 Å². The van der Waals surface area contributed by atoms with E-state index in [4.69, 9.17) is 0 Å². The van der Waals surface area contributed by atoms with Gasteiger partial charge in [-0.1, -0.05) is 0 Å². The van der Waals surface area contributed by atoms with Gasteiger partial charge in [-0.3, -0.25) is 24.6 Å². The van der Waals surface area contributed by atoms with Crippen LogP contribution < -0.4 is 0 Å². The molecule has 0 atom stereocenters. The Balaban J connectivity index is -0.0000000748. The molecule has 19 nitrogen and oxygen atoms in total. The molecular weight excluding hydrogens is 702 g/mol. The Hall–Kier alpha value is -4.84. The Morgan fingerprint density at radius 3 is 0.556 bits per heavy atom. The third-order valence-electron chi connectivity index (χ3n) is 5.81. The van der Waals surface area contributed by atoms with Crippen molar-refractivity contribution in [2.75, 3.05) is 155 Å². The summed E-state index contributed by atoms with van der Waals surface area (Å²) in [5.74, 6) is 3.35. The van der Waals surface area contributed by atoms with Gasteiger partial charge in [-0.05, 0) is 20.8 Å². The molecule has 324 valence electrons. The number of carbonyl (C=O) groups excluding carboxylic acids is 5. The summed E-state index contributed by atoms with van der Waals surface area (Å²) in [7, 11) is 38.1. The molecule has 0 aromatic rings. The van der Waals surface area contributed by atoms with Crippen molar-refractivity contribution in [3.63, 3.8) is 0 Å². The van der Waals surface area contributed by atoms with Crippen LogP contribution in [-0.4, -0.2) is 242 Å². The number of ether oxygens (including phenoxy) is 3. The number of hydrogen-bond acceptors (Lipinski definition) is 11. The Kier molecular flexibility index (Phi) is 55.2.